The van der Waals surface area contributed by atoms with Gasteiger partial charge in [-0.3, -0.25) is 4.79 Å². The van der Waals surface area contributed by atoms with Crippen LogP contribution < -0.4 is 15.0 Å². The molecule has 2 fully saturated rings. The molecule has 2 aromatic carbocycles. The van der Waals surface area contributed by atoms with Crippen molar-refractivity contribution in [2.75, 3.05) is 39.2 Å². The van der Waals surface area contributed by atoms with Crippen molar-refractivity contribution >= 4 is 11.6 Å². The molecule has 1 saturated carbocycles. The largest absolute Gasteiger partial charge is 0.508 e. The standard InChI is InChI=1S/C30H38N4O6/c1-33(2)20-4-10-24(11-5-20)39-27-17-22(35)16-26(36)29(27)28-18-25(32-40-28)30(37)31-19-12-14-34(15-13-19)21-6-8-23(38-3)9-7-21/h4-5,10-11,16-19,21,23,35-36H,6-9,12-15H2,1-3H3,(H,31,37). The van der Waals surface area contributed by atoms with Gasteiger partial charge in [-0.25, -0.2) is 0 Å². The lowest BCUT2D eigenvalue weighted by atomic mass is 9.90. The number of likely N-dealkylation sites (tertiary alicyclic amines) is 1. The average molecular weight is 551 g/mol. The van der Waals surface area contributed by atoms with Crippen molar-refractivity contribution in [3.8, 4) is 34.3 Å². The summed E-state index contributed by atoms with van der Waals surface area (Å²) in [6, 6.07) is 12.1. The van der Waals surface area contributed by atoms with Crippen molar-refractivity contribution in [1.82, 2.24) is 15.4 Å². The topological polar surface area (TPSA) is 121 Å². The van der Waals surface area contributed by atoms with E-state index in [4.69, 9.17) is 14.0 Å². The number of nitrogens with one attached hydrogen (secondary N) is 1. The van der Waals surface area contributed by atoms with Crippen LogP contribution in [0.1, 0.15) is 49.0 Å². The number of amides is 1. The van der Waals surface area contributed by atoms with Crippen LogP contribution >= 0.6 is 0 Å². The summed E-state index contributed by atoms with van der Waals surface area (Å²) >= 11 is 0. The summed E-state index contributed by atoms with van der Waals surface area (Å²) in [6.07, 6.45) is 6.69. The number of methoxy groups -OCH3 is 1. The summed E-state index contributed by atoms with van der Waals surface area (Å²) in [4.78, 5) is 17.5. The smallest absolute Gasteiger partial charge is 0.273 e. The quantitative estimate of drug-likeness (QED) is 0.364. The first-order chi connectivity index (χ1) is 19.3. The zero-order chi connectivity index (χ0) is 28.2. The number of aromatic nitrogens is 1. The molecule has 0 radical (unpaired) electrons. The molecule has 1 aliphatic carbocycles. The van der Waals surface area contributed by atoms with E-state index in [1.54, 1.807) is 19.2 Å². The van der Waals surface area contributed by atoms with Crippen molar-refractivity contribution in [3.05, 3.63) is 48.2 Å². The van der Waals surface area contributed by atoms with Gasteiger partial charge in [0.05, 0.1) is 6.10 Å². The molecular formula is C30H38N4O6. The number of phenolic OH excluding ortho intramolecular Hbond substituents is 2. The lowest BCUT2D eigenvalue weighted by Gasteiger charge is -2.40. The first kappa shape index (κ1) is 27.8. The molecular weight excluding hydrogens is 512 g/mol. The van der Waals surface area contributed by atoms with E-state index in [2.05, 4.69) is 15.4 Å². The van der Waals surface area contributed by atoms with E-state index in [9.17, 15) is 15.0 Å². The number of aromatic hydroxyl groups is 2. The number of ether oxygens (including phenoxy) is 2. The van der Waals surface area contributed by atoms with Crippen molar-refractivity contribution in [1.29, 1.82) is 0 Å². The van der Waals surface area contributed by atoms with Gasteiger partial charge in [0.25, 0.3) is 5.91 Å². The maximum atomic E-state index is 13.0. The van der Waals surface area contributed by atoms with E-state index in [0.717, 1.165) is 57.3 Å². The molecule has 1 aromatic heterocycles. The van der Waals surface area contributed by atoms with Gasteiger partial charge in [-0.2, -0.15) is 0 Å². The number of nitrogens with zero attached hydrogens (tertiary/aromatic N) is 3. The molecule has 10 nitrogen and oxygen atoms in total. The van der Waals surface area contributed by atoms with Gasteiger partial charge in [0.15, 0.2) is 11.5 Å². The van der Waals surface area contributed by atoms with E-state index in [1.165, 1.54) is 18.2 Å². The van der Waals surface area contributed by atoms with Crippen LogP contribution in [0.4, 0.5) is 5.69 Å². The molecule has 5 rings (SSSR count). The highest BCUT2D eigenvalue weighted by atomic mass is 16.5. The minimum Gasteiger partial charge on any atom is -0.508 e. The summed E-state index contributed by atoms with van der Waals surface area (Å²) in [7, 11) is 5.68. The molecule has 0 atom stereocenters. The summed E-state index contributed by atoms with van der Waals surface area (Å²) in [5.74, 6) is 0.0855. The SMILES string of the molecule is COC1CCC(N2CCC(NC(=O)c3cc(-c4c(O)cc(O)cc4Oc4ccc(N(C)C)cc4)on3)CC2)CC1. The Bertz CT molecular complexity index is 1290. The summed E-state index contributed by atoms with van der Waals surface area (Å²) in [5, 5.41) is 27.8. The Kier molecular flexibility index (Phi) is 8.46. The van der Waals surface area contributed by atoms with Gasteiger partial charge in [-0.05, 0) is 62.8 Å². The van der Waals surface area contributed by atoms with Crippen LogP contribution in [0.25, 0.3) is 11.3 Å². The van der Waals surface area contributed by atoms with Crippen LogP contribution in [-0.2, 0) is 4.74 Å². The van der Waals surface area contributed by atoms with Gasteiger partial charge in [0.1, 0.15) is 28.6 Å². The monoisotopic (exact) mass is 550 g/mol. The van der Waals surface area contributed by atoms with Crippen LogP contribution in [0.5, 0.6) is 23.0 Å². The number of carbonyl (C=O) groups excluding carboxylic acids is 1. The molecule has 0 unspecified atom stereocenters. The fourth-order valence-electron chi connectivity index (χ4n) is 5.67. The van der Waals surface area contributed by atoms with Crippen LogP contribution in [0.2, 0.25) is 0 Å². The van der Waals surface area contributed by atoms with Crippen LogP contribution in [0.3, 0.4) is 0 Å². The van der Waals surface area contributed by atoms with E-state index in [1.807, 2.05) is 31.1 Å². The Balaban J connectivity index is 1.23. The van der Waals surface area contributed by atoms with Gasteiger partial charge in [-0.1, -0.05) is 5.16 Å². The number of carbonyl (C=O) groups is 1. The number of phenols is 2. The average Bonchev–Trinajstić information content (AvgIpc) is 3.43. The van der Waals surface area contributed by atoms with Gasteiger partial charge >= 0.3 is 0 Å². The molecule has 2 aliphatic rings. The zero-order valence-corrected chi connectivity index (χ0v) is 23.3. The Morgan fingerprint density at radius 2 is 1.73 bits per heavy atom. The summed E-state index contributed by atoms with van der Waals surface area (Å²) in [6.45, 7) is 1.91. The van der Waals surface area contributed by atoms with Gasteiger partial charge in [0, 0.05) is 70.3 Å². The zero-order valence-electron chi connectivity index (χ0n) is 23.3. The number of benzene rings is 2. The van der Waals surface area contributed by atoms with E-state index in [-0.39, 0.29) is 46.2 Å². The predicted molar refractivity (Wildman–Crippen MR) is 151 cm³/mol. The highest BCUT2D eigenvalue weighted by molar-refractivity contribution is 5.93. The maximum Gasteiger partial charge on any atom is 0.273 e. The van der Waals surface area contributed by atoms with Crippen LogP contribution in [-0.4, -0.2) is 78.7 Å². The minimum atomic E-state index is -0.325. The molecule has 10 heteroatoms. The molecule has 2 heterocycles. The van der Waals surface area contributed by atoms with Crippen molar-refractivity contribution < 1.29 is 29.0 Å². The number of hydrogen-bond acceptors (Lipinski definition) is 9. The first-order valence-corrected chi connectivity index (χ1v) is 13.9. The first-order valence-electron chi connectivity index (χ1n) is 13.9. The van der Waals surface area contributed by atoms with Crippen molar-refractivity contribution in [3.63, 3.8) is 0 Å². The third-order valence-corrected chi connectivity index (χ3v) is 7.99. The van der Waals surface area contributed by atoms with Crippen molar-refractivity contribution in [2.45, 2.75) is 56.7 Å². The second-order valence-electron chi connectivity index (χ2n) is 10.9. The molecule has 0 spiro atoms. The molecule has 214 valence electrons. The molecule has 3 aromatic rings. The van der Waals surface area contributed by atoms with Gasteiger partial charge in [0.2, 0.25) is 0 Å². The molecule has 0 bridgehead atoms. The summed E-state index contributed by atoms with van der Waals surface area (Å²) < 4.78 is 17.0. The van der Waals surface area contributed by atoms with Gasteiger partial charge < -0.3 is 39.3 Å². The third-order valence-electron chi connectivity index (χ3n) is 7.99. The Morgan fingerprint density at radius 1 is 1.02 bits per heavy atom. The highest BCUT2D eigenvalue weighted by Crippen LogP contribution is 2.43. The maximum absolute atomic E-state index is 13.0. The number of anilines is 1. The van der Waals surface area contributed by atoms with Crippen LogP contribution in [0, 0.1) is 0 Å². The molecule has 1 amide bonds. The number of rotatable bonds is 8. The predicted octanol–water partition coefficient (Wildman–Crippen LogP) is 4.76. The van der Waals surface area contributed by atoms with Crippen LogP contribution in [0.15, 0.2) is 47.0 Å². The number of hydrogen-bond donors (Lipinski definition) is 3. The fourth-order valence-corrected chi connectivity index (χ4v) is 5.67. The van der Waals surface area contributed by atoms with E-state index < -0.39 is 0 Å². The Morgan fingerprint density at radius 3 is 2.38 bits per heavy atom. The highest BCUT2D eigenvalue weighted by Gasteiger charge is 2.30. The van der Waals surface area contributed by atoms with Gasteiger partial charge in [-0.15, -0.1) is 0 Å². The Labute approximate surface area is 234 Å². The summed E-state index contributed by atoms with van der Waals surface area (Å²) in [5.41, 5.74) is 1.30. The lowest BCUT2D eigenvalue weighted by molar-refractivity contribution is 0.0309. The minimum absolute atomic E-state index is 0.0605. The van der Waals surface area contributed by atoms with Crippen molar-refractivity contribution in [2.24, 2.45) is 0 Å². The second kappa shape index (κ2) is 12.2. The normalized spacial score (nSPS) is 20.3. The molecule has 1 saturated heterocycles. The molecule has 3 N–H and O–H groups in total. The van der Waals surface area contributed by atoms with E-state index in [0.29, 0.717) is 17.9 Å². The molecule has 1 aliphatic heterocycles. The lowest BCUT2D eigenvalue weighted by Crippen LogP contribution is -2.49. The fraction of sp³-hybridized carbons (Fsp3) is 0.467. The second-order valence-corrected chi connectivity index (χ2v) is 10.9. The number of piperidine rings is 1. The molecule has 40 heavy (non-hydrogen) atoms. The third kappa shape index (κ3) is 6.34. The van der Waals surface area contributed by atoms with E-state index >= 15 is 0 Å². The Hall–Kier alpha value is -3.76.